The maximum atomic E-state index is 14.0. The first-order valence-electron chi connectivity index (χ1n) is 20.6. The molecule has 60 heavy (non-hydrogen) atoms. The van der Waals surface area contributed by atoms with Gasteiger partial charge in [0.15, 0.2) is 13.6 Å². The zero-order valence-electron chi connectivity index (χ0n) is 32.9. The van der Waals surface area contributed by atoms with E-state index in [1.165, 1.54) is 0 Å². The molecular weight excluding hydrogens is 761 g/mol. The van der Waals surface area contributed by atoms with Crippen LogP contribution in [0.4, 0.5) is 0 Å². The Morgan fingerprint density at radius 1 is 0.633 bits per heavy atom. The summed E-state index contributed by atoms with van der Waals surface area (Å²) >= 11 is 0. The Bertz CT molecular complexity index is 2230. The quantitative estimate of drug-likeness (QED) is 0.0990. The number of nitrogens with zero attached hydrogens (tertiary/aromatic N) is 4. The minimum Gasteiger partial charge on any atom is -0.340 e. The standard InChI is InChI=1S/C46H46N8O6/c55-43(40(49-45-57-27-58-45)33-9-3-1-4-10-33)53-23-7-13-38(53)36-25-35(51-52-36)31-19-15-29(16-20-31)30-17-21-32(22-18-30)37-26-47-42(48-37)39-14-8-24-54(39)44(56)41(50-46-59-28-60-46)34-11-5-2-6-12-34/h1-6,9-12,15-22,25-26,38-41,45-46,49-50H,7-8,13-14,23-24,27-28H2,(H,47,48)(H,51,52)/t38-,39-,40+,41+/m0/s1. The highest BCUT2D eigenvalue weighted by Gasteiger charge is 2.39. The molecule has 6 heterocycles. The molecule has 14 heteroatoms. The van der Waals surface area contributed by atoms with Crippen LogP contribution in [0.2, 0.25) is 0 Å². The molecule has 4 aliphatic rings. The van der Waals surface area contributed by atoms with E-state index in [-0.39, 0.29) is 37.5 Å². The average Bonchev–Trinajstić information content (AvgIpc) is 4.11. The fourth-order valence-corrected chi connectivity index (χ4v) is 8.63. The van der Waals surface area contributed by atoms with Crippen LogP contribution in [-0.2, 0) is 28.5 Å². The smallest absolute Gasteiger partial charge is 0.245 e. The number of imidazole rings is 1. The molecule has 0 spiro atoms. The molecule has 4 N–H and O–H groups in total. The maximum Gasteiger partial charge on any atom is 0.245 e. The van der Waals surface area contributed by atoms with Gasteiger partial charge in [-0.2, -0.15) is 5.10 Å². The number of aromatic amines is 2. The van der Waals surface area contributed by atoms with Gasteiger partial charge in [-0.15, -0.1) is 0 Å². The van der Waals surface area contributed by atoms with E-state index in [9.17, 15) is 9.59 Å². The molecule has 4 fully saturated rings. The minimum atomic E-state index is -0.611. The number of likely N-dealkylation sites (tertiary alicyclic amines) is 2. The van der Waals surface area contributed by atoms with Crippen LogP contribution in [0.25, 0.3) is 33.6 Å². The van der Waals surface area contributed by atoms with Gasteiger partial charge in [-0.1, -0.05) is 109 Å². The van der Waals surface area contributed by atoms with Crippen LogP contribution < -0.4 is 10.6 Å². The Balaban J connectivity index is 0.796. The Kier molecular flexibility index (Phi) is 10.8. The first kappa shape index (κ1) is 38.2. The molecule has 4 saturated heterocycles. The van der Waals surface area contributed by atoms with Gasteiger partial charge in [-0.05, 0) is 59.6 Å². The first-order chi connectivity index (χ1) is 29.6. The Morgan fingerprint density at radius 2 is 1.13 bits per heavy atom. The van der Waals surface area contributed by atoms with E-state index in [1.807, 2.05) is 76.7 Å². The highest BCUT2D eigenvalue weighted by atomic mass is 16.9. The molecule has 0 radical (unpaired) electrons. The normalized spacial score (nSPS) is 20.5. The van der Waals surface area contributed by atoms with Crippen LogP contribution in [0.5, 0.6) is 0 Å². The van der Waals surface area contributed by atoms with Crippen molar-refractivity contribution in [3.05, 3.63) is 144 Å². The summed E-state index contributed by atoms with van der Waals surface area (Å²) in [7, 11) is 0. The van der Waals surface area contributed by atoms with Gasteiger partial charge in [-0.3, -0.25) is 25.3 Å². The molecule has 14 nitrogen and oxygen atoms in total. The molecule has 4 aromatic carbocycles. The lowest BCUT2D eigenvalue weighted by atomic mass is 10.0. The molecule has 6 aromatic rings. The average molecular weight is 807 g/mol. The lowest BCUT2D eigenvalue weighted by Gasteiger charge is -2.34. The molecule has 4 atom stereocenters. The number of aromatic nitrogens is 4. The summed E-state index contributed by atoms with van der Waals surface area (Å²) in [6, 6.07) is 36.7. The van der Waals surface area contributed by atoms with Crippen LogP contribution in [0, 0.1) is 0 Å². The minimum absolute atomic E-state index is 0.0218. The molecule has 4 aliphatic heterocycles. The van der Waals surface area contributed by atoms with Gasteiger partial charge < -0.3 is 33.7 Å². The molecule has 10 rings (SSSR count). The van der Waals surface area contributed by atoms with Crippen LogP contribution in [-0.4, -0.2) is 81.3 Å². The van der Waals surface area contributed by atoms with Gasteiger partial charge in [0, 0.05) is 18.7 Å². The summed E-state index contributed by atoms with van der Waals surface area (Å²) in [6.07, 6.45) is 4.09. The fraction of sp³-hybridized carbons (Fsp3) is 0.304. The third-order valence-corrected chi connectivity index (χ3v) is 11.9. The summed E-state index contributed by atoms with van der Waals surface area (Å²) in [5.74, 6) is 0.717. The summed E-state index contributed by atoms with van der Waals surface area (Å²) in [5.41, 5.74) is 8.50. The van der Waals surface area contributed by atoms with Gasteiger partial charge in [-0.25, -0.2) is 4.98 Å². The van der Waals surface area contributed by atoms with E-state index in [4.69, 9.17) is 23.9 Å². The number of hydrogen-bond acceptors (Lipinski definition) is 10. The summed E-state index contributed by atoms with van der Waals surface area (Å²) in [6.45, 7) is 1.73. The van der Waals surface area contributed by atoms with Crippen molar-refractivity contribution < 1.29 is 28.5 Å². The zero-order chi connectivity index (χ0) is 40.4. The van der Waals surface area contributed by atoms with E-state index in [1.54, 1.807) is 0 Å². The number of benzene rings is 4. The topological polar surface area (TPSA) is 159 Å². The van der Waals surface area contributed by atoms with Crippen LogP contribution in [0.15, 0.2) is 121 Å². The number of H-pyrrole nitrogens is 2. The van der Waals surface area contributed by atoms with E-state index in [0.29, 0.717) is 13.1 Å². The van der Waals surface area contributed by atoms with Gasteiger partial charge in [0.25, 0.3) is 0 Å². The summed E-state index contributed by atoms with van der Waals surface area (Å²) < 4.78 is 21.7. The highest BCUT2D eigenvalue weighted by Crippen LogP contribution is 2.37. The Hall–Kier alpha value is -6.00. The van der Waals surface area contributed by atoms with Crippen molar-refractivity contribution in [2.45, 2.75) is 62.7 Å². The van der Waals surface area contributed by atoms with Crippen LogP contribution in [0.3, 0.4) is 0 Å². The predicted octanol–water partition coefficient (Wildman–Crippen LogP) is 6.70. The number of amides is 2. The number of carbonyl (C=O) groups is 2. The lowest BCUT2D eigenvalue weighted by molar-refractivity contribution is -0.335. The number of nitrogens with one attached hydrogen (secondary N) is 4. The van der Waals surface area contributed by atoms with E-state index < -0.39 is 24.9 Å². The van der Waals surface area contributed by atoms with Gasteiger partial charge in [0.1, 0.15) is 17.9 Å². The van der Waals surface area contributed by atoms with Gasteiger partial charge >= 0.3 is 0 Å². The van der Waals surface area contributed by atoms with Gasteiger partial charge in [0.05, 0.1) is 35.4 Å². The van der Waals surface area contributed by atoms with Gasteiger partial charge in [0.2, 0.25) is 24.6 Å². The highest BCUT2D eigenvalue weighted by molar-refractivity contribution is 5.85. The van der Waals surface area contributed by atoms with Crippen molar-refractivity contribution in [2.75, 3.05) is 26.7 Å². The number of hydrogen-bond donors (Lipinski definition) is 4. The summed E-state index contributed by atoms with van der Waals surface area (Å²) in [5, 5.41) is 14.3. The second-order valence-electron chi connectivity index (χ2n) is 15.5. The molecule has 0 aliphatic carbocycles. The van der Waals surface area contributed by atoms with Crippen molar-refractivity contribution in [2.24, 2.45) is 0 Å². The van der Waals surface area contributed by atoms with Crippen molar-refractivity contribution in [3.63, 3.8) is 0 Å². The maximum absolute atomic E-state index is 14.0. The number of ether oxygens (including phenoxy) is 4. The fourth-order valence-electron chi connectivity index (χ4n) is 8.63. The molecule has 0 unspecified atom stereocenters. The van der Waals surface area contributed by atoms with Crippen molar-refractivity contribution in [3.8, 4) is 33.6 Å². The SMILES string of the molecule is O=C([C@H](NC1OCO1)c1ccccc1)N1CCC[C@H]1c1cc(-c2ccc(-c3ccc(-c4cnc([C@@H]5CCCN5C(=O)[C@H](NC5OCO5)c5ccccc5)[nH]4)cc3)cc2)n[nH]1. The lowest BCUT2D eigenvalue weighted by Crippen LogP contribution is -2.50. The third kappa shape index (κ3) is 7.76. The largest absolute Gasteiger partial charge is 0.340 e. The van der Waals surface area contributed by atoms with Crippen LogP contribution in [0.1, 0.15) is 72.5 Å². The summed E-state index contributed by atoms with van der Waals surface area (Å²) in [4.78, 5) is 40.2. The molecular formula is C46H46N8O6. The van der Waals surface area contributed by atoms with Crippen LogP contribution >= 0.6 is 0 Å². The molecule has 306 valence electrons. The Morgan fingerprint density at radius 3 is 1.67 bits per heavy atom. The number of rotatable bonds is 13. The van der Waals surface area contributed by atoms with E-state index in [2.05, 4.69) is 80.4 Å². The number of carbonyl (C=O) groups excluding carboxylic acids is 2. The molecule has 0 saturated carbocycles. The van der Waals surface area contributed by atoms with E-state index in [0.717, 1.165) is 82.0 Å². The molecule has 2 amide bonds. The Labute approximate surface area is 347 Å². The van der Waals surface area contributed by atoms with Crippen molar-refractivity contribution >= 4 is 11.8 Å². The zero-order valence-corrected chi connectivity index (χ0v) is 32.9. The molecule has 0 bridgehead atoms. The molecule has 2 aromatic heterocycles. The van der Waals surface area contributed by atoms with Crippen molar-refractivity contribution in [1.29, 1.82) is 0 Å². The third-order valence-electron chi connectivity index (χ3n) is 11.9. The van der Waals surface area contributed by atoms with Crippen molar-refractivity contribution in [1.82, 2.24) is 40.6 Å². The second kappa shape index (κ2) is 16.9. The second-order valence-corrected chi connectivity index (χ2v) is 15.5. The first-order valence-corrected chi connectivity index (χ1v) is 20.6. The predicted molar refractivity (Wildman–Crippen MR) is 221 cm³/mol. The monoisotopic (exact) mass is 806 g/mol. The van der Waals surface area contributed by atoms with E-state index >= 15 is 0 Å².